The summed E-state index contributed by atoms with van der Waals surface area (Å²) in [6.45, 7) is 1.97. The van der Waals surface area contributed by atoms with Crippen LogP contribution in [0.3, 0.4) is 0 Å². The first kappa shape index (κ1) is 14.9. The number of hydrogen-bond donors (Lipinski definition) is 1. The fraction of sp³-hybridized carbons (Fsp3) is 0.188. The fourth-order valence-corrected chi connectivity index (χ4v) is 2.64. The normalized spacial score (nSPS) is 11.9. The molecule has 1 unspecified atom stereocenters. The van der Waals surface area contributed by atoms with Crippen LogP contribution in [0.15, 0.2) is 59.5 Å². The van der Waals surface area contributed by atoms with Gasteiger partial charge in [0.2, 0.25) is 5.91 Å². The SMILES string of the molecule is CC(NC(=O)CSc1ccccc1)c1ccc(Cl)cc1. The number of benzene rings is 2. The van der Waals surface area contributed by atoms with Crippen molar-refractivity contribution in [2.45, 2.75) is 17.9 Å². The first-order valence-corrected chi connectivity index (χ1v) is 7.74. The molecule has 0 aromatic heterocycles. The minimum Gasteiger partial charge on any atom is -0.349 e. The number of thioether (sulfide) groups is 1. The molecule has 104 valence electrons. The Hall–Kier alpha value is -1.45. The van der Waals surface area contributed by atoms with Crippen molar-refractivity contribution >= 4 is 29.3 Å². The topological polar surface area (TPSA) is 29.1 Å². The minimum atomic E-state index is -0.0175. The molecule has 0 fully saturated rings. The smallest absolute Gasteiger partial charge is 0.230 e. The molecule has 0 saturated carbocycles. The first-order valence-electron chi connectivity index (χ1n) is 6.38. The summed E-state index contributed by atoms with van der Waals surface area (Å²) in [5, 5.41) is 3.68. The maximum absolute atomic E-state index is 11.9. The van der Waals surface area contributed by atoms with Gasteiger partial charge in [-0.2, -0.15) is 0 Å². The lowest BCUT2D eigenvalue weighted by Gasteiger charge is -2.14. The van der Waals surface area contributed by atoms with E-state index in [-0.39, 0.29) is 11.9 Å². The zero-order chi connectivity index (χ0) is 14.4. The van der Waals surface area contributed by atoms with E-state index in [1.165, 1.54) is 11.8 Å². The van der Waals surface area contributed by atoms with Crippen LogP contribution in [-0.4, -0.2) is 11.7 Å². The lowest BCUT2D eigenvalue weighted by molar-refractivity contribution is -0.119. The lowest BCUT2D eigenvalue weighted by atomic mass is 10.1. The van der Waals surface area contributed by atoms with Crippen LogP contribution in [0.25, 0.3) is 0 Å². The summed E-state index contributed by atoms with van der Waals surface area (Å²) in [7, 11) is 0. The molecule has 2 aromatic rings. The van der Waals surface area contributed by atoms with Crippen LogP contribution in [-0.2, 0) is 4.79 Å². The summed E-state index contributed by atoms with van der Waals surface area (Å²) >= 11 is 7.38. The maximum Gasteiger partial charge on any atom is 0.230 e. The molecule has 0 saturated heterocycles. The quantitative estimate of drug-likeness (QED) is 0.834. The van der Waals surface area contributed by atoms with Crippen LogP contribution in [0.5, 0.6) is 0 Å². The number of carbonyl (C=O) groups excluding carboxylic acids is 1. The third kappa shape index (κ3) is 4.58. The highest BCUT2D eigenvalue weighted by atomic mass is 35.5. The Morgan fingerprint density at radius 1 is 1.15 bits per heavy atom. The maximum atomic E-state index is 11.9. The summed E-state index contributed by atoms with van der Waals surface area (Å²) in [5.41, 5.74) is 1.05. The van der Waals surface area contributed by atoms with E-state index in [2.05, 4.69) is 5.32 Å². The molecule has 4 heteroatoms. The van der Waals surface area contributed by atoms with Crippen LogP contribution >= 0.6 is 23.4 Å². The van der Waals surface area contributed by atoms with Gasteiger partial charge in [0, 0.05) is 9.92 Å². The summed E-state index contributed by atoms with van der Waals surface area (Å²) in [5.74, 6) is 0.448. The van der Waals surface area contributed by atoms with Crippen molar-refractivity contribution in [3.8, 4) is 0 Å². The van der Waals surface area contributed by atoms with Gasteiger partial charge in [-0.3, -0.25) is 4.79 Å². The summed E-state index contributed by atoms with van der Waals surface area (Å²) < 4.78 is 0. The van der Waals surface area contributed by atoms with Crippen LogP contribution in [0, 0.1) is 0 Å². The molecule has 20 heavy (non-hydrogen) atoms. The molecule has 0 spiro atoms. The monoisotopic (exact) mass is 305 g/mol. The molecule has 0 aliphatic heterocycles. The highest BCUT2D eigenvalue weighted by Crippen LogP contribution is 2.18. The molecule has 1 atom stereocenters. The van der Waals surface area contributed by atoms with Crippen molar-refractivity contribution in [1.29, 1.82) is 0 Å². The Labute approximate surface area is 128 Å². The first-order chi connectivity index (χ1) is 9.65. The van der Waals surface area contributed by atoms with Crippen LogP contribution < -0.4 is 5.32 Å². The van der Waals surface area contributed by atoms with Gasteiger partial charge in [-0.05, 0) is 36.8 Å². The van der Waals surface area contributed by atoms with E-state index < -0.39 is 0 Å². The summed E-state index contributed by atoms with van der Waals surface area (Å²) in [6, 6.07) is 17.4. The minimum absolute atomic E-state index is 0.0175. The van der Waals surface area contributed by atoms with Gasteiger partial charge in [0.05, 0.1) is 11.8 Å². The third-order valence-corrected chi connectivity index (χ3v) is 4.12. The molecule has 2 rings (SSSR count). The molecule has 0 aliphatic carbocycles. The van der Waals surface area contributed by atoms with Crippen LogP contribution in [0.4, 0.5) is 0 Å². The fourth-order valence-electron chi connectivity index (χ4n) is 1.78. The van der Waals surface area contributed by atoms with Gasteiger partial charge in [0.25, 0.3) is 0 Å². The number of amides is 1. The summed E-state index contributed by atoms with van der Waals surface area (Å²) in [4.78, 5) is 13.0. The molecule has 2 aromatic carbocycles. The predicted octanol–water partition coefficient (Wildman–Crippen LogP) is 4.31. The Morgan fingerprint density at radius 3 is 2.45 bits per heavy atom. The highest BCUT2D eigenvalue weighted by molar-refractivity contribution is 8.00. The average molecular weight is 306 g/mol. The number of carbonyl (C=O) groups is 1. The van der Waals surface area contributed by atoms with E-state index in [9.17, 15) is 4.79 Å². The molecular formula is C16H16ClNOS. The van der Waals surface area contributed by atoms with E-state index >= 15 is 0 Å². The molecule has 0 heterocycles. The molecule has 1 N–H and O–H groups in total. The number of hydrogen-bond acceptors (Lipinski definition) is 2. The Kier molecular flexibility index (Phi) is 5.50. The van der Waals surface area contributed by atoms with E-state index in [4.69, 9.17) is 11.6 Å². The highest BCUT2D eigenvalue weighted by Gasteiger charge is 2.09. The van der Waals surface area contributed by atoms with E-state index in [0.29, 0.717) is 10.8 Å². The average Bonchev–Trinajstić information content (AvgIpc) is 2.47. The third-order valence-electron chi connectivity index (χ3n) is 2.86. The molecule has 0 radical (unpaired) electrons. The second kappa shape index (κ2) is 7.36. The lowest BCUT2D eigenvalue weighted by Crippen LogP contribution is -2.28. The van der Waals surface area contributed by atoms with Gasteiger partial charge in [-0.25, -0.2) is 0 Å². The number of halogens is 1. The standard InChI is InChI=1S/C16H16ClNOS/c1-12(13-7-9-14(17)10-8-13)18-16(19)11-20-15-5-3-2-4-6-15/h2-10,12H,11H2,1H3,(H,18,19). The van der Waals surface area contributed by atoms with Crippen LogP contribution in [0.2, 0.25) is 5.02 Å². The Balaban J connectivity index is 1.83. The largest absolute Gasteiger partial charge is 0.349 e. The molecule has 0 aliphatic rings. The van der Waals surface area contributed by atoms with Gasteiger partial charge in [0.15, 0.2) is 0 Å². The van der Waals surface area contributed by atoms with Crippen molar-refractivity contribution in [2.24, 2.45) is 0 Å². The second-order valence-electron chi connectivity index (χ2n) is 4.44. The molecule has 2 nitrogen and oxygen atoms in total. The van der Waals surface area contributed by atoms with Crippen LogP contribution in [0.1, 0.15) is 18.5 Å². The van der Waals surface area contributed by atoms with Gasteiger partial charge in [-0.15, -0.1) is 11.8 Å². The van der Waals surface area contributed by atoms with E-state index in [0.717, 1.165) is 10.5 Å². The van der Waals surface area contributed by atoms with Crippen molar-refractivity contribution in [3.05, 3.63) is 65.2 Å². The Bertz CT molecular complexity index is 556. The number of nitrogens with one attached hydrogen (secondary N) is 1. The van der Waals surface area contributed by atoms with Crippen molar-refractivity contribution < 1.29 is 4.79 Å². The zero-order valence-electron chi connectivity index (χ0n) is 11.2. The van der Waals surface area contributed by atoms with Gasteiger partial charge in [0.1, 0.15) is 0 Å². The second-order valence-corrected chi connectivity index (χ2v) is 5.93. The predicted molar refractivity (Wildman–Crippen MR) is 85.2 cm³/mol. The van der Waals surface area contributed by atoms with Crippen molar-refractivity contribution in [3.63, 3.8) is 0 Å². The van der Waals surface area contributed by atoms with Gasteiger partial charge in [-0.1, -0.05) is 41.9 Å². The van der Waals surface area contributed by atoms with E-state index in [1.807, 2.05) is 61.5 Å². The van der Waals surface area contributed by atoms with Gasteiger partial charge >= 0.3 is 0 Å². The zero-order valence-corrected chi connectivity index (χ0v) is 12.7. The Morgan fingerprint density at radius 2 is 1.80 bits per heavy atom. The summed E-state index contributed by atoms with van der Waals surface area (Å²) in [6.07, 6.45) is 0. The number of rotatable bonds is 5. The molecular weight excluding hydrogens is 290 g/mol. The van der Waals surface area contributed by atoms with Crippen molar-refractivity contribution in [2.75, 3.05) is 5.75 Å². The molecule has 0 bridgehead atoms. The molecule has 1 amide bonds. The van der Waals surface area contributed by atoms with E-state index in [1.54, 1.807) is 0 Å². The van der Waals surface area contributed by atoms with Crippen molar-refractivity contribution in [1.82, 2.24) is 5.32 Å². The van der Waals surface area contributed by atoms with Gasteiger partial charge < -0.3 is 5.32 Å².